The minimum atomic E-state index is -0.0860. The molecule has 2 aromatic carbocycles. The van der Waals surface area contributed by atoms with Crippen molar-refractivity contribution in [3.63, 3.8) is 0 Å². The number of nitrogens with zero attached hydrogens (tertiary/aromatic N) is 1. The summed E-state index contributed by atoms with van der Waals surface area (Å²) in [5.74, 6) is 0.673. The van der Waals surface area contributed by atoms with Crippen molar-refractivity contribution in [2.75, 3.05) is 12.0 Å². The molecule has 1 fully saturated rings. The second-order valence-corrected chi connectivity index (χ2v) is 6.99. The highest BCUT2D eigenvalue weighted by Crippen LogP contribution is 2.36. The summed E-state index contributed by atoms with van der Waals surface area (Å²) < 4.78 is 5.78. The molecule has 2 aromatic rings. The number of methoxy groups -OCH3 is 1. The highest BCUT2D eigenvalue weighted by molar-refractivity contribution is 8.27. The van der Waals surface area contributed by atoms with Crippen LogP contribution in [0.3, 0.4) is 0 Å². The molecular weight excluding hydrogens is 338 g/mol. The van der Waals surface area contributed by atoms with E-state index in [9.17, 15) is 4.79 Å². The molecular formula is C19H17NO2S2. The largest absolute Gasteiger partial charge is 0.497 e. The van der Waals surface area contributed by atoms with E-state index >= 15 is 0 Å². The lowest BCUT2D eigenvalue weighted by Gasteiger charge is -2.14. The first-order valence-electron chi connectivity index (χ1n) is 7.63. The van der Waals surface area contributed by atoms with Gasteiger partial charge in [0.25, 0.3) is 5.91 Å². The van der Waals surface area contributed by atoms with Gasteiger partial charge in [-0.05, 0) is 47.9 Å². The molecule has 3 nitrogen and oxygen atoms in total. The SMILES string of the molecule is CCc1ccc(N2C(=O)/C(=C/c3cccc(OC)c3)SC2=S)cc1. The molecule has 1 amide bonds. The van der Waals surface area contributed by atoms with Crippen molar-refractivity contribution in [1.29, 1.82) is 0 Å². The molecule has 1 aliphatic rings. The summed E-state index contributed by atoms with van der Waals surface area (Å²) in [6, 6.07) is 15.5. The van der Waals surface area contributed by atoms with E-state index in [1.807, 2.05) is 54.6 Å². The number of anilines is 1. The van der Waals surface area contributed by atoms with Gasteiger partial charge in [0.2, 0.25) is 0 Å². The lowest BCUT2D eigenvalue weighted by Crippen LogP contribution is -2.27. The number of ether oxygens (including phenoxy) is 1. The molecule has 0 saturated carbocycles. The Labute approximate surface area is 151 Å². The second-order valence-electron chi connectivity index (χ2n) is 5.31. The highest BCUT2D eigenvalue weighted by atomic mass is 32.2. The molecule has 0 atom stereocenters. The first kappa shape index (κ1) is 16.7. The Morgan fingerprint density at radius 1 is 1.21 bits per heavy atom. The van der Waals surface area contributed by atoms with E-state index in [0.29, 0.717) is 9.23 Å². The number of thioether (sulfide) groups is 1. The van der Waals surface area contributed by atoms with E-state index in [-0.39, 0.29) is 5.91 Å². The summed E-state index contributed by atoms with van der Waals surface area (Å²) in [5, 5.41) is 0. The van der Waals surface area contributed by atoms with Crippen molar-refractivity contribution in [2.24, 2.45) is 0 Å². The van der Waals surface area contributed by atoms with Gasteiger partial charge < -0.3 is 4.74 Å². The highest BCUT2D eigenvalue weighted by Gasteiger charge is 2.33. The van der Waals surface area contributed by atoms with Crippen LogP contribution >= 0.6 is 24.0 Å². The predicted octanol–water partition coefficient (Wildman–Crippen LogP) is 4.66. The Morgan fingerprint density at radius 2 is 1.96 bits per heavy atom. The lowest BCUT2D eigenvalue weighted by molar-refractivity contribution is -0.113. The molecule has 1 aliphatic heterocycles. The summed E-state index contributed by atoms with van der Waals surface area (Å²) in [6.45, 7) is 2.10. The quantitative estimate of drug-likeness (QED) is 0.589. The van der Waals surface area contributed by atoms with E-state index < -0.39 is 0 Å². The first-order valence-corrected chi connectivity index (χ1v) is 8.86. The minimum Gasteiger partial charge on any atom is -0.497 e. The normalized spacial score (nSPS) is 16.1. The molecule has 122 valence electrons. The topological polar surface area (TPSA) is 29.5 Å². The molecule has 0 unspecified atom stereocenters. The number of hydrogen-bond acceptors (Lipinski definition) is 4. The molecule has 0 radical (unpaired) electrons. The number of amides is 1. The number of benzene rings is 2. The van der Waals surface area contributed by atoms with Crippen molar-refractivity contribution in [1.82, 2.24) is 0 Å². The molecule has 24 heavy (non-hydrogen) atoms. The van der Waals surface area contributed by atoms with Gasteiger partial charge in [-0.1, -0.05) is 55.2 Å². The van der Waals surface area contributed by atoms with E-state index in [0.717, 1.165) is 23.4 Å². The number of aryl methyl sites for hydroxylation is 1. The average molecular weight is 355 g/mol. The maximum Gasteiger partial charge on any atom is 0.270 e. The van der Waals surface area contributed by atoms with Gasteiger partial charge in [0.05, 0.1) is 17.7 Å². The Morgan fingerprint density at radius 3 is 2.62 bits per heavy atom. The van der Waals surface area contributed by atoms with Crippen LogP contribution in [0.5, 0.6) is 5.75 Å². The molecule has 0 N–H and O–H groups in total. The van der Waals surface area contributed by atoms with Gasteiger partial charge in [-0.25, -0.2) is 0 Å². The Kier molecular flexibility index (Phi) is 5.02. The van der Waals surface area contributed by atoms with E-state index in [2.05, 4.69) is 6.92 Å². The first-order chi connectivity index (χ1) is 11.6. The maximum absolute atomic E-state index is 12.7. The zero-order chi connectivity index (χ0) is 17.1. The summed E-state index contributed by atoms with van der Waals surface area (Å²) in [5.41, 5.74) is 2.95. The monoisotopic (exact) mass is 355 g/mol. The lowest BCUT2D eigenvalue weighted by atomic mass is 10.1. The summed E-state index contributed by atoms with van der Waals surface area (Å²) in [6.07, 6.45) is 2.82. The van der Waals surface area contributed by atoms with Gasteiger partial charge in [0, 0.05) is 0 Å². The molecule has 0 aliphatic carbocycles. The third kappa shape index (κ3) is 3.37. The second kappa shape index (κ2) is 7.20. The fourth-order valence-corrected chi connectivity index (χ4v) is 3.75. The summed E-state index contributed by atoms with van der Waals surface area (Å²) in [4.78, 5) is 15.0. The molecule has 1 heterocycles. The third-order valence-electron chi connectivity index (χ3n) is 3.79. The van der Waals surface area contributed by atoms with Gasteiger partial charge in [-0.15, -0.1) is 0 Å². The van der Waals surface area contributed by atoms with Crippen LogP contribution in [0.1, 0.15) is 18.1 Å². The molecule has 0 bridgehead atoms. The van der Waals surface area contributed by atoms with Crippen LogP contribution in [-0.2, 0) is 11.2 Å². The standard InChI is InChI=1S/C19H17NO2S2/c1-3-13-7-9-15(10-8-13)20-18(21)17(24-19(20)23)12-14-5-4-6-16(11-14)22-2/h4-12H,3H2,1-2H3/b17-12-. The van der Waals surface area contributed by atoms with Crippen LogP contribution < -0.4 is 9.64 Å². The molecule has 0 aromatic heterocycles. The van der Waals surface area contributed by atoms with Crippen molar-refractivity contribution in [2.45, 2.75) is 13.3 Å². The number of hydrogen-bond donors (Lipinski definition) is 0. The fourth-order valence-electron chi connectivity index (χ4n) is 2.45. The maximum atomic E-state index is 12.7. The Bertz CT molecular complexity index is 812. The van der Waals surface area contributed by atoms with E-state index in [4.69, 9.17) is 17.0 Å². The van der Waals surface area contributed by atoms with Gasteiger partial charge in [0.15, 0.2) is 4.32 Å². The van der Waals surface area contributed by atoms with Crippen molar-refractivity contribution in [3.05, 3.63) is 64.6 Å². The Hall–Kier alpha value is -2.11. The number of carbonyl (C=O) groups excluding carboxylic acids is 1. The van der Waals surface area contributed by atoms with Crippen LogP contribution in [0.2, 0.25) is 0 Å². The number of rotatable bonds is 4. The Balaban J connectivity index is 1.89. The zero-order valence-electron chi connectivity index (χ0n) is 13.5. The van der Waals surface area contributed by atoms with Crippen LogP contribution in [0.4, 0.5) is 5.69 Å². The van der Waals surface area contributed by atoms with E-state index in [1.165, 1.54) is 17.3 Å². The molecule has 0 spiro atoms. The number of thiocarbonyl (C=S) groups is 1. The minimum absolute atomic E-state index is 0.0860. The number of carbonyl (C=O) groups is 1. The molecule has 3 rings (SSSR count). The molecule has 5 heteroatoms. The average Bonchev–Trinajstić information content (AvgIpc) is 2.89. The van der Waals surface area contributed by atoms with Crippen LogP contribution in [0.25, 0.3) is 6.08 Å². The van der Waals surface area contributed by atoms with Crippen LogP contribution in [-0.4, -0.2) is 17.3 Å². The summed E-state index contributed by atoms with van der Waals surface area (Å²) in [7, 11) is 1.62. The van der Waals surface area contributed by atoms with Crippen LogP contribution in [0.15, 0.2) is 53.4 Å². The fraction of sp³-hybridized carbons (Fsp3) is 0.158. The van der Waals surface area contributed by atoms with Gasteiger partial charge in [0.1, 0.15) is 5.75 Å². The third-order valence-corrected chi connectivity index (χ3v) is 5.09. The predicted molar refractivity (Wildman–Crippen MR) is 104 cm³/mol. The van der Waals surface area contributed by atoms with Crippen molar-refractivity contribution < 1.29 is 9.53 Å². The summed E-state index contributed by atoms with van der Waals surface area (Å²) >= 11 is 6.73. The van der Waals surface area contributed by atoms with Gasteiger partial charge >= 0.3 is 0 Å². The zero-order valence-corrected chi connectivity index (χ0v) is 15.1. The van der Waals surface area contributed by atoms with Crippen LogP contribution in [0, 0.1) is 0 Å². The van der Waals surface area contributed by atoms with Crippen molar-refractivity contribution in [3.8, 4) is 5.75 Å². The van der Waals surface area contributed by atoms with E-state index in [1.54, 1.807) is 12.0 Å². The smallest absolute Gasteiger partial charge is 0.270 e. The van der Waals surface area contributed by atoms with Gasteiger partial charge in [-0.3, -0.25) is 9.69 Å². The van der Waals surface area contributed by atoms with Gasteiger partial charge in [-0.2, -0.15) is 0 Å². The van der Waals surface area contributed by atoms with Crippen molar-refractivity contribution >= 4 is 46.0 Å². The molecule has 1 saturated heterocycles.